The van der Waals surface area contributed by atoms with Gasteiger partial charge in [-0.1, -0.05) is 18.2 Å². The summed E-state index contributed by atoms with van der Waals surface area (Å²) in [6, 6.07) is 7.58. The number of hydrogen-bond donors (Lipinski definition) is 0. The standard InChI is InChI=1S/C24H29ClO6/c1-5-7-8-19-13-20(29-15-17-9-11-18(28-4)12-10-17)21(31-19)16-30-23(27)14-22(26)24(3,25)6-2/h1,6,9-12,19-21H,2,7-8,13-16H2,3-4H3/t19-,20-,21-,24?/m1/s1. The molecule has 1 heterocycles. The molecule has 7 heteroatoms. The lowest BCUT2D eigenvalue weighted by Crippen LogP contribution is -2.32. The molecule has 0 saturated carbocycles. The van der Waals surface area contributed by atoms with Gasteiger partial charge in [-0.15, -0.1) is 30.5 Å². The topological polar surface area (TPSA) is 71.1 Å². The minimum absolute atomic E-state index is 0.0148. The molecule has 1 aliphatic rings. The Kier molecular flexibility index (Phi) is 9.57. The zero-order valence-corrected chi connectivity index (χ0v) is 18.7. The molecule has 4 atom stereocenters. The van der Waals surface area contributed by atoms with Crippen LogP contribution in [0.3, 0.4) is 0 Å². The molecule has 0 spiro atoms. The number of ether oxygens (including phenoxy) is 4. The van der Waals surface area contributed by atoms with Crippen LogP contribution in [0.4, 0.5) is 0 Å². The summed E-state index contributed by atoms with van der Waals surface area (Å²) in [5, 5.41) is 0. The maximum Gasteiger partial charge on any atom is 0.313 e. The van der Waals surface area contributed by atoms with Gasteiger partial charge in [-0.2, -0.15) is 0 Å². The Morgan fingerprint density at radius 2 is 2.10 bits per heavy atom. The minimum Gasteiger partial charge on any atom is -0.497 e. The van der Waals surface area contributed by atoms with Crippen molar-refractivity contribution in [3.63, 3.8) is 0 Å². The Bertz CT molecular complexity index is 795. The maximum absolute atomic E-state index is 12.1. The first-order chi connectivity index (χ1) is 14.8. The summed E-state index contributed by atoms with van der Waals surface area (Å²) >= 11 is 6.01. The first-order valence-electron chi connectivity index (χ1n) is 10.1. The molecule has 168 valence electrons. The van der Waals surface area contributed by atoms with Crippen molar-refractivity contribution in [2.45, 2.75) is 62.4 Å². The number of esters is 1. The van der Waals surface area contributed by atoms with E-state index in [4.69, 9.17) is 37.0 Å². The fourth-order valence-corrected chi connectivity index (χ4v) is 3.19. The minimum atomic E-state index is -1.30. The molecular weight excluding hydrogens is 420 g/mol. The van der Waals surface area contributed by atoms with Crippen LogP contribution in [0, 0.1) is 12.3 Å². The van der Waals surface area contributed by atoms with Crippen molar-refractivity contribution in [1.29, 1.82) is 0 Å². The highest BCUT2D eigenvalue weighted by Gasteiger charge is 2.37. The summed E-state index contributed by atoms with van der Waals surface area (Å²) in [6.07, 6.45) is 7.38. The van der Waals surface area contributed by atoms with E-state index in [9.17, 15) is 9.59 Å². The lowest BCUT2D eigenvalue weighted by Gasteiger charge is -2.20. The molecule has 0 bridgehead atoms. The third-order valence-electron chi connectivity index (χ3n) is 5.15. The average molecular weight is 449 g/mol. The molecule has 31 heavy (non-hydrogen) atoms. The molecule has 0 aliphatic carbocycles. The van der Waals surface area contributed by atoms with Gasteiger partial charge in [-0.05, 0) is 31.0 Å². The number of hydrogen-bond acceptors (Lipinski definition) is 6. The molecule has 1 unspecified atom stereocenters. The van der Waals surface area contributed by atoms with Crippen molar-refractivity contribution < 1.29 is 28.5 Å². The monoisotopic (exact) mass is 448 g/mol. The van der Waals surface area contributed by atoms with Gasteiger partial charge >= 0.3 is 5.97 Å². The van der Waals surface area contributed by atoms with E-state index >= 15 is 0 Å². The summed E-state index contributed by atoms with van der Waals surface area (Å²) in [5.41, 5.74) is 0.986. The van der Waals surface area contributed by atoms with Crippen molar-refractivity contribution in [2.24, 2.45) is 0 Å². The number of halogens is 1. The second-order valence-electron chi connectivity index (χ2n) is 7.54. The maximum atomic E-state index is 12.1. The SMILES string of the molecule is C#CCC[C@@H]1C[C@@H](OCc2ccc(OC)cc2)[C@@H](COC(=O)CC(=O)C(C)(Cl)C=C)O1. The number of rotatable bonds is 12. The van der Waals surface area contributed by atoms with Crippen molar-refractivity contribution in [3.05, 3.63) is 42.5 Å². The summed E-state index contributed by atoms with van der Waals surface area (Å²) in [4.78, 5) is 22.9. The molecule has 0 aromatic heterocycles. The van der Waals surface area contributed by atoms with E-state index in [0.29, 0.717) is 25.9 Å². The van der Waals surface area contributed by atoms with E-state index in [1.807, 2.05) is 24.3 Å². The Morgan fingerprint density at radius 3 is 2.71 bits per heavy atom. The van der Waals surface area contributed by atoms with Crippen LogP contribution < -0.4 is 4.74 Å². The number of alkyl halides is 1. The Morgan fingerprint density at radius 1 is 1.39 bits per heavy atom. The van der Waals surface area contributed by atoms with E-state index in [0.717, 1.165) is 11.3 Å². The molecular formula is C24H29ClO6. The zero-order valence-electron chi connectivity index (χ0n) is 18.0. The zero-order chi connectivity index (χ0) is 22.9. The number of carbonyl (C=O) groups is 2. The predicted octanol–water partition coefficient (Wildman–Crippen LogP) is 3.84. The number of carbonyl (C=O) groups excluding carboxylic acids is 2. The van der Waals surface area contributed by atoms with Crippen LogP contribution in [-0.4, -0.2) is 48.7 Å². The Hall–Kier alpha value is -2.33. The van der Waals surface area contributed by atoms with E-state index in [-0.39, 0.29) is 18.8 Å². The smallest absolute Gasteiger partial charge is 0.313 e. The number of ketones is 1. The predicted molar refractivity (Wildman–Crippen MR) is 118 cm³/mol. The van der Waals surface area contributed by atoms with Crippen LogP contribution in [0.15, 0.2) is 36.9 Å². The fraction of sp³-hybridized carbons (Fsp3) is 0.500. The summed E-state index contributed by atoms with van der Waals surface area (Å²) < 4.78 is 22.5. The van der Waals surface area contributed by atoms with E-state index in [2.05, 4.69) is 12.5 Å². The van der Waals surface area contributed by atoms with Crippen LogP contribution in [0.5, 0.6) is 5.75 Å². The van der Waals surface area contributed by atoms with Crippen molar-refractivity contribution in [1.82, 2.24) is 0 Å². The largest absolute Gasteiger partial charge is 0.497 e. The summed E-state index contributed by atoms with van der Waals surface area (Å²) in [7, 11) is 1.61. The van der Waals surface area contributed by atoms with Crippen LogP contribution in [0.25, 0.3) is 0 Å². The highest BCUT2D eigenvalue weighted by atomic mass is 35.5. The molecule has 0 N–H and O–H groups in total. The average Bonchev–Trinajstić information content (AvgIpc) is 3.16. The number of methoxy groups -OCH3 is 1. The van der Waals surface area contributed by atoms with Crippen LogP contribution in [0.2, 0.25) is 0 Å². The van der Waals surface area contributed by atoms with Gasteiger partial charge in [0.2, 0.25) is 0 Å². The van der Waals surface area contributed by atoms with E-state index in [1.54, 1.807) is 7.11 Å². The molecule has 6 nitrogen and oxygen atoms in total. The molecule has 1 saturated heterocycles. The van der Waals surface area contributed by atoms with Gasteiger partial charge in [0.05, 0.1) is 25.9 Å². The van der Waals surface area contributed by atoms with Crippen LogP contribution in [-0.2, 0) is 30.4 Å². The molecule has 0 amide bonds. The second-order valence-corrected chi connectivity index (χ2v) is 8.32. The van der Waals surface area contributed by atoms with Gasteiger partial charge in [0.1, 0.15) is 29.8 Å². The van der Waals surface area contributed by atoms with Crippen LogP contribution in [0.1, 0.15) is 38.2 Å². The molecule has 2 rings (SSSR count). The van der Waals surface area contributed by atoms with Gasteiger partial charge in [0, 0.05) is 12.8 Å². The van der Waals surface area contributed by atoms with Gasteiger partial charge in [-0.3, -0.25) is 9.59 Å². The lowest BCUT2D eigenvalue weighted by molar-refractivity contribution is -0.152. The highest BCUT2D eigenvalue weighted by molar-refractivity contribution is 6.37. The van der Waals surface area contributed by atoms with Crippen molar-refractivity contribution in [2.75, 3.05) is 13.7 Å². The number of terminal acetylenes is 1. The van der Waals surface area contributed by atoms with Gasteiger partial charge in [-0.25, -0.2) is 0 Å². The third-order valence-corrected chi connectivity index (χ3v) is 5.52. The Balaban J connectivity index is 1.92. The number of allylic oxidation sites excluding steroid dienone is 1. The molecule has 1 fully saturated rings. The molecule has 0 radical (unpaired) electrons. The van der Waals surface area contributed by atoms with Crippen molar-refractivity contribution >= 4 is 23.4 Å². The first-order valence-corrected chi connectivity index (χ1v) is 10.5. The van der Waals surface area contributed by atoms with E-state index in [1.165, 1.54) is 13.0 Å². The molecule has 1 aliphatic heterocycles. The fourth-order valence-electron chi connectivity index (χ4n) is 3.12. The highest BCUT2D eigenvalue weighted by Crippen LogP contribution is 2.28. The third kappa shape index (κ3) is 7.70. The van der Waals surface area contributed by atoms with Crippen LogP contribution >= 0.6 is 11.6 Å². The summed E-state index contributed by atoms with van der Waals surface area (Å²) in [6.45, 7) is 5.35. The number of benzene rings is 1. The number of Topliss-reactive ketones (excluding diaryl/α,β-unsaturated/α-hetero) is 1. The second kappa shape index (κ2) is 11.9. The van der Waals surface area contributed by atoms with Crippen molar-refractivity contribution in [3.8, 4) is 18.1 Å². The summed E-state index contributed by atoms with van der Waals surface area (Å²) in [5.74, 6) is 2.24. The molecule has 1 aromatic rings. The van der Waals surface area contributed by atoms with Gasteiger partial charge in [0.15, 0.2) is 5.78 Å². The van der Waals surface area contributed by atoms with Gasteiger partial charge in [0.25, 0.3) is 0 Å². The molecule has 1 aromatic carbocycles. The lowest BCUT2D eigenvalue weighted by atomic mass is 10.0. The van der Waals surface area contributed by atoms with E-state index < -0.39 is 29.2 Å². The van der Waals surface area contributed by atoms with Gasteiger partial charge < -0.3 is 18.9 Å². The first kappa shape index (κ1) is 24.9. The Labute approximate surface area is 188 Å². The quantitative estimate of drug-likeness (QED) is 0.159. The normalized spacial score (nSPS) is 22.2.